The molecule has 0 aliphatic rings. The minimum atomic E-state index is -1.35. The number of nitrogens with zero attached hydrogens (tertiary/aromatic N) is 1. The van der Waals surface area contributed by atoms with Gasteiger partial charge >= 0.3 is 6.09 Å². The normalized spacial score (nSPS) is 12.8. The van der Waals surface area contributed by atoms with Crippen molar-refractivity contribution < 1.29 is 24.2 Å². The third kappa shape index (κ3) is 8.06. The summed E-state index contributed by atoms with van der Waals surface area (Å²) in [7, 11) is 0. The number of halogens is 1. The van der Waals surface area contributed by atoms with Crippen molar-refractivity contribution in [2.45, 2.75) is 59.2 Å². The van der Waals surface area contributed by atoms with Gasteiger partial charge in [0.25, 0.3) is 5.91 Å². The lowest BCUT2D eigenvalue weighted by molar-refractivity contribution is -0.140. The summed E-state index contributed by atoms with van der Waals surface area (Å²) in [5, 5.41) is 15.6. The van der Waals surface area contributed by atoms with Gasteiger partial charge in [0.1, 0.15) is 17.7 Å². The van der Waals surface area contributed by atoms with Gasteiger partial charge < -0.3 is 25.4 Å². The highest BCUT2D eigenvalue weighted by Gasteiger charge is 2.36. The zero-order chi connectivity index (χ0) is 27.9. The minimum Gasteiger partial charge on any atom is -0.444 e. The molecular weight excluding hydrogens is 494 g/mol. The number of benzene rings is 2. The molecule has 2 aromatic carbocycles. The van der Waals surface area contributed by atoms with Gasteiger partial charge in [-0.05, 0) is 64.3 Å². The fourth-order valence-electron chi connectivity index (χ4n) is 3.86. The number of aryl methyl sites for hydroxylation is 3. The van der Waals surface area contributed by atoms with Crippen LogP contribution in [0.2, 0.25) is 5.02 Å². The predicted molar refractivity (Wildman–Crippen MR) is 146 cm³/mol. The Morgan fingerprint density at radius 1 is 1.14 bits per heavy atom. The van der Waals surface area contributed by atoms with Crippen LogP contribution in [-0.2, 0) is 14.3 Å². The molecule has 200 valence electrons. The lowest BCUT2D eigenvalue weighted by atomic mass is 9.96. The molecule has 0 heterocycles. The van der Waals surface area contributed by atoms with E-state index in [0.717, 1.165) is 16.7 Å². The molecule has 0 saturated heterocycles. The largest absolute Gasteiger partial charge is 0.444 e. The third-order valence-electron chi connectivity index (χ3n) is 5.53. The van der Waals surface area contributed by atoms with E-state index in [4.69, 9.17) is 16.3 Å². The number of rotatable bonds is 9. The van der Waals surface area contributed by atoms with Crippen LogP contribution in [0.15, 0.2) is 49.1 Å². The lowest BCUT2D eigenvalue weighted by Crippen LogP contribution is -2.54. The summed E-state index contributed by atoms with van der Waals surface area (Å²) in [5.41, 5.74) is 2.74. The molecule has 3 N–H and O–H groups in total. The van der Waals surface area contributed by atoms with E-state index in [1.165, 1.54) is 11.0 Å². The number of carbonyl (C=O) groups excluding carboxylic acids is 3. The van der Waals surface area contributed by atoms with Gasteiger partial charge in [-0.1, -0.05) is 53.6 Å². The van der Waals surface area contributed by atoms with Gasteiger partial charge in [-0.3, -0.25) is 9.59 Å². The second-order valence-corrected chi connectivity index (χ2v) is 10.3. The van der Waals surface area contributed by atoms with Gasteiger partial charge in [-0.2, -0.15) is 0 Å². The Morgan fingerprint density at radius 3 is 2.35 bits per heavy atom. The van der Waals surface area contributed by atoms with Crippen LogP contribution in [0.4, 0.5) is 10.5 Å². The first-order valence-corrected chi connectivity index (χ1v) is 12.3. The van der Waals surface area contributed by atoms with E-state index in [9.17, 15) is 19.5 Å². The smallest absolute Gasteiger partial charge is 0.408 e. The first-order valence-electron chi connectivity index (χ1n) is 11.9. The van der Waals surface area contributed by atoms with Crippen molar-refractivity contribution in [3.05, 3.63) is 76.3 Å². The molecule has 0 saturated carbocycles. The minimum absolute atomic E-state index is 0.0295. The molecule has 2 aromatic rings. The molecule has 0 aromatic heterocycles. The zero-order valence-corrected chi connectivity index (χ0v) is 23.0. The first-order chi connectivity index (χ1) is 17.3. The van der Waals surface area contributed by atoms with E-state index in [-0.39, 0.29) is 6.54 Å². The van der Waals surface area contributed by atoms with E-state index >= 15 is 0 Å². The van der Waals surface area contributed by atoms with Crippen LogP contribution in [0.5, 0.6) is 0 Å². The number of amides is 3. The van der Waals surface area contributed by atoms with Crippen LogP contribution in [0.1, 0.15) is 49.1 Å². The van der Waals surface area contributed by atoms with Gasteiger partial charge in [0.15, 0.2) is 0 Å². The van der Waals surface area contributed by atoms with Crippen molar-refractivity contribution in [2.24, 2.45) is 0 Å². The Morgan fingerprint density at radius 2 is 1.81 bits per heavy atom. The third-order valence-corrected chi connectivity index (χ3v) is 5.85. The molecule has 0 fully saturated rings. The molecule has 9 heteroatoms. The maximum Gasteiger partial charge on any atom is 0.408 e. The zero-order valence-electron chi connectivity index (χ0n) is 22.2. The number of aliphatic hydroxyl groups excluding tert-OH is 1. The molecule has 0 bridgehead atoms. The maximum absolute atomic E-state index is 13.8. The molecular formula is C28H36ClN3O5. The summed E-state index contributed by atoms with van der Waals surface area (Å²) < 4.78 is 5.24. The number of aliphatic hydroxyl groups is 1. The first kappa shape index (κ1) is 29.9. The summed E-state index contributed by atoms with van der Waals surface area (Å²) in [6, 6.07) is 8.33. The van der Waals surface area contributed by atoms with E-state index in [1.54, 1.807) is 39.0 Å². The monoisotopic (exact) mass is 529 g/mol. The molecule has 8 nitrogen and oxygen atoms in total. The van der Waals surface area contributed by atoms with Gasteiger partial charge in [0, 0.05) is 6.54 Å². The molecule has 37 heavy (non-hydrogen) atoms. The van der Waals surface area contributed by atoms with Crippen molar-refractivity contribution >= 4 is 35.2 Å². The van der Waals surface area contributed by atoms with E-state index in [2.05, 4.69) is 17.2 Å². The highest BCUT2D eigenvalue weighted by atomic mass is 35.5. The lowest BCUT2D eigenvalue weighted by Gasteiger charge is -2.34. The fraction of sp³-hybridized carbons (Fsp3) is 0.393. The molecule has 0 aliphatic heterocycles. The quantitative estimate of drug-likeness (QED) is 0.403. The second-order valence-electron chi connectivity index (χ2n) is 9.84. The van der Waals surface area contributed by atoms with E-state index < -0.39 is 42.2 Å². The van der Waals surface area contributed by atoms with Crippen LogP contribution in [0.3, 0.4) is 0 Å². The number of hydrogen-bond acceptors (Lipinski definition) is 5. The fourth-order valence-corrected chi connectivity index (χ4v) is 4.13. The van der Waals surface area contributed by atoms with Crippen LogP contribution >= 0.6 is 11.6 Å². The molecule has 2 atom stereocenters. The molecule has 3 amide bonds. The van der Waals surface area contributed by atoms with Gasteiger partial charge in [-0.25, -0.2) is 4.79 Å². The highest BCUT2D eigenvalue weighted by molar-refractivity contribution is 6.34. The van der Waals surface area contributed by atoms with Crippen molar-refractivity contribution in [3.63, 3.8) is 0 Å². The number of para-hydroxylation sites is 1. The Kier molecular flexibility index (Phi) is 10.3. The van der Waals surface area contributed by atoms with Crippen molar-refractivity contribution in [3.8, 4) is 0 Å². The number of hydrogen-bond donors (Lipinski definition) is 3. The van der Waals surface area contributed by atoms with Gasteiger partial charge in [0.2, 0.25) is 5.91 Å². The van der Waals surface area contributed by atoms with Crippen LogP contribution < -0.4 is 10.6 Å². The van der Waals surface area contributed by atoms with Crippen molar-refractivity contribution in [2.75, 3.05) is 18.5 Å². The van der Waals surface area contributed by atoms with Crippen molar-refractivity contribution in [1.29, 1.82) is 0 Å². The molecule has 2 rings (SSSR count). The van der Waals surface area contributed by atoms with Gasteiger partial charge in [-0.15, -0.1) is 6.58 Å². The highest BCUT2D eigenvalue weighted by Crippen LogP contribution is 2.31. The number of ether oxygens (including phenoxy) is 1. The summed E-state index contributed by atoms with van der Waals surface area (Å²) in [6.07, 6.45) is 0.613. The SMILES string of the molecule is C=CCN(C(=O)C(CO)NC(=O)OC(C)(C)C)C(C(=O)Nc1c(C)cccc1Cl)c1ccc(C)cc1C. The Bertz CT molecular complexity index is 1140. The molecule has 0 radical (unpaired) electrons. The van der Waals surface area contributed by atoms with E-state index in [0.29, 0.717) is 16.3 Å². The predicted octanol–water partition coefficient (Wildman–Crippen LogP) is 4.85. The number of anilines is 1. The summed E-state index contributed by atoms with van der Waals surface area (Å²) in [4.78, 5) is 41.1. The topological polar surface area (TPSA) is 108 Å². The Hall–Kier alpha value is -3.36. The molecule has 0 aliphatic carbocycles. The average Bonchev–Trinajstić information content (AvgIpc) is 2.79. The average molecular weight is 530 g/mol. The summed E-state index contributed by atoms with van der Waals surface area (Å²) >= 11 is 6.36. The standard InChI is InChI=1S/C28H36ClN3O5/c1-8-14-32(26(35)22(16-33)30-27(36)37-28(5,6)7)24(20-13-12-17(2)15-19(20)4)25(34)31-23-18(3)10-9-11-21(23)29/h8-13,15,22,24,33H,1,14,16H2,2-7H3,(H,30,36)(H,31,34). The van der Waals surface area contributed by atoms with Crippen LogP contribution in [0.25, 0.3) is 0 Å². The molecule has 2 unspecified atom stereocenters. The summed E-state index contributed by atoms with van der Waals surface area (Å²) in [6.45, 7) is 13.7. The van der Waals surface area contributed by atoms with Crippen LogP contribution in [-0.4, -0.2) is 52.7 Å². The van der Waals surface area contributed by atoms with Crippen molar-refractivity contribution in [1.82, 2.24) is 10.2 Å². The number of nitrogens with one attached hydrogen (secondary N) is 2. The van der Waals surface area contributed by atoms with E-state index in [1.807, 2.05) is 39.0 Å². The maximum atomic E-state index is 13.8. The number of alkyl carbamates (subject to hydrolysis) is 1. The Labute approximate surface area is 223 Å². The van der Waals surface area contributed by atoms with Crippen LogP contribution in [0, 0.1) is 20.8 Å². The summed E-state index contributed by atoms with van der Waals surface area (Å²) in [5.74, 6) is -1.18. The Balaban J connectivity index is 2.54. The van der Waals surface area contributed by atoms with Gasteiger partial charge in [0.05, 0.1) is 17.3 Å². The second kappa shape index (κ2) is 12.7. The number of carbonyl (C=O) groups is 3. The molecule has 0 spiro atoms.